The van der Waals surface area contributed by atoms with Crippen LogP contribution in [0.4, 0.5) is 0 Å². The summed E-state index contributed by atoms with van der Waals surface area (Å²) in [5.41, 5.74) is 0.522. The smallest absolute Gasteiger partial charge is 0.339 e. The van der Waals surface area contributed by atoms with Crippen molar-refractivity contribution < 1.29 is 24.1 Å². The van der Waals surface area contributed by atoms with E-state index in [4.69, 9.17) is 14.2 Å². The van der Waals surface area contributed by atoms with Crippen LogP contribution in [-0.4, -0.2) is 37.5 Å². The Kier molecular flexibility index (Phi) is 5.24. The fourth-order valence-corrected chi connectivity index (χ4v) is 2.46. The molecule has 0 aliphatic carbocycles. The Morgan fingerprint density at radius 3 is 2.76 bits per heavy atom. The molecule has 0 aromatic heterocycles. The average Bonchev–Trinajstić information content (AvgIpc) is 2.43. The molecule has 1 fully saturated rings. The first-order valence-corrected chi connectivity index (χ1v) is 7.59. The summed E-state index contributed by atoms with van der Waals surface area (Å²) < 4.78 is 16.4. The minimum atomic E-state index is -1.28. The van der Waals surface area contributed by atoms with E-state index < -0.39 is 12.1 Å². The number of hydrogen-bond donors (Lipinski definition) is 1. The first-order chi connectivity index (χ1) is 9.95. The molecule has 1 unspecified atom stereocenters. The molecule has 1 aliphatic rings. The van der Waals surface area contributed by atoms with Crippen LogP contribution in [0, 0.1) is 5.41 Å². The number of ether oxygens (including phenoxy) is 3. The standard InChI is InChI=1S/C15H19BrO5/c1-3-20-14(18)13(17)10-4-5-12(11(16)6-10)21-9-15(2)7-19-8-15/h4-6,13,17H,3,7-9H2,1-2H3. The Balaban J connectivity index is 2.01. The molecule has 1 atom stereocenters. The molecule has 6 heteroatoms. The Hall–Kier alpha value is -1.11. The van der Waals surface area contributed by atoms with Gasteiger partial charge in [0.25, 0.3) is 0 Å². The number of halogens is 1. The maximum absolute atomic E-state index is 11.5. The number of hydrogen-bond acceptors (Lipinski definition) is 5. The van der Waals surface area contributed by atoms with Gasteiger partial charge in [0.1, 0.15) is 5.75 Å². The summed E-state index contributed by atoms with van der Waals surface area (Å²) in [6, 6.07) is 5.04. The highest BCUT2D eigenvalue weighted by atomic mass is 79.9. The van der Waals surface area contributed by atoms with E-state index in [9.17, 15) is 9.90 Å². The second-order valence-corrected chi connectivity index (χ2v) is 6.29. The molecule has 2 rings (SSSR count). The fourth-order valence-electron chi connectivity index (χ4n) is 1.95. The van der Waals surface area contributed by atoms with E-state index in [-0.39, 0.29) is 12.0 Å². The largest absolute Gasteiger partial charge is 0.492 e. The minimum absolute atomic E-state index is 0.0581. The first-order valence-electron chi connectivity index (χ1n) is 6.80. The lowest BCUT2D eigenvalue weighted by Crippen LogP contribution is -2.44. The van der Waals surface area contributed by atoms with Crippen LogP contribution in [0.3, 0.4) is 0 Å². The van der Waals surface area contributed by atoms with Gasteiger partial charge in [-0.05, 0) is 40.5 Å². The third-order valence-electron chi connectivity index (χ3n) is 3.26. The van der Waals surface area contributed by atoms with Crippen molar-refractivity contribution in [3.63, 3.8) is 0 Å². The summed E-state index contributed by atoms with van der Waals surface area (Å²) in [6.45, 7) is 5.99. The van der Waals surface area contributed by atoms with Gasteiger partial charge in [-0.25, -0.2) is 4.79 Å². The normalized spacial score (nSPS) is 17.7. The van der Waals surface area contributed by atoms with Crippen LogP contribution in [0.25, 0.3) is 0 Å². The summed E-state index contributed by atoms with van der Waals surface area (Å²) in [7, 11) is 0. The predicted molar refractivity (Wildman–Crippen MR) is 80.2 cm³/mol. The van der Waals surface area contributed by atoms with E-state index in [1.807, 2.05) is 0 Å². The molecule has 1 aromatic carbocycles. The molecule has 0 spiro atoms. The van der Waals surface area contributed by atoms with Crippen LogP contribution in [-0.2, 0) is 14.3 Å². The number of aliphatic hydroxyl groups is 1. The molecule has 1 aromatic rings. The van der Waals surface area contributed by atoms with E-state index in [1.54, 1.807) is 25.1 Å². The minimum Gasteiger partial charge on any atom is -0.492 e. The summed E-state index contributed by atoms with van der Waals surface area (Å²) >= 11 is 3.39. The molecular weight excluding hydrogens is 340 g/mol. The van der Waals surface area contributed by atoms with Crippen LogP contribution in [0.15, 0.2) is 22.7 Å². The van der Waals surface area contributed by atoms with Crippen LogP contribution in [0.1, 0.15) is 25.5 Å². The number of aliphatic hydroxyl groups excluding tert-OH is 1. The molecule has 1 saturated heterocycles. The molecule has 1 aliphatic heterocycles. The van der Waals surface area contributed by atoms with Crippen molar-refractivity contribution in [2.24, 2.45) is 5.41 Å². The van der Waals surface area contributed by atoms with Crippen LogP contribution in [0.2, 0.25) is 0 Å². The number of carbonyl (C=O) groups is 1. The summed E-state index contributed by atoms with van der Waals surface area (Å²) in [4.78, 5) is 11.5. The Bertz CT molecular complexity index is 513. The van der Waals surface area contributed by atoms with Gasteiger partial charge in [-0.1, -0.05) is 13.0 Å². The lowest BCUT2D eigenvalue weighted by Gasteiger charge is -2.37. The number of benzene rings is 1. The highest BCUT2D eigenvalue weighted by Gasteiger charge is 2.34. The third kappa shape index (κ3) is 3.96. The molecule has 0 saturated carbocycles. The van der Waals surface area contributed by atoms with Gasteiger partial charge in [0.05, 0.1) is 30.9 Å². The SMILES string of the molecule is CCOC(=O)C(O)c1ccc(OCC2(C)COC2)c(Br)c1. The average molecular weight is 359 g/mol. The number of esters is 1. The van der Waals surface area contributed by atoms with E-state index in [0.29, 0.717) is 35.6 Å². The van der Waals surface area contributed by atoms with Gasteiger partial charge in [0.2, 0.25) is 0 Å². The van der Waals surface area contributed by atoms with Crippen molar-refractivity contribution in [1.29, 1.82) is 0 Å². The third-order valence-corrected chi connectivity index (χ3v) is 3.88. The molecule has 21 heavy (non-hydrogen) atoms. The first kappa shape index (κ1) is 16.3. The van der Waals surface area contributed by atoms with Gasteiger partial charge >= 0.3 is 5.97 Å². The topological polar surface area (TPSA) is 65.0 Å². The van der Waals surface area contributed by atoms with Crippen molar-refractivity contribution in [2.75, 3.05) is 26.4 Å². The van der Waals surface area contributed by atoms with Crippen LogP contribution in [0.5, 0.6) is 5.75 Å². The molecule has 0 amide bonds. The predicted octanol–water partition coefficient (Wildman–Crippen LogP) is 2.46. The monoisotopic (exact) mass is 358 g/mol. The van der Waals surface area contributed by atoms with Gasteiger partial charge in [0.15, 0.2) is 6.10 Å². The van der Waals surface area contributed by atoms with Crippen LogP contribution < -0.4 is 4.74 Å². The number of rotatable bonds is 6. The van der Waals surface area contributed by atoms with Crippen LogP contribution >= 0.6 is 15.9 Å². The van der Waals surface area contributed by atoms with E-state index in [2.05, 4.69) is 22.9 Å². The molecule has 0 radical (unpaired) electrons. The van der Waals surface area contributed by atoms with Gasteiger partial charge in [-0.15, -0.1) is 0 Å². The molecule has 1 heterocycles. The number of carbonyl (C=O) groups excluding carboxylic acids is 1. The quantitative estimate of drug-likeness (QED) is 0.791. The van der Waals surface area contributed by atoms with Gasteiger partial charge in [-0.2, -0.15) is 0 Å². The lowest BCUT2D eigenvalue weighted by atomic mass is 9.90. The molecule has 0 bridgehead atoms. The van der Waals surface area contributed by atoms with Crippen molar-refractivity contribution in [3.05, 3.63) is 28.2 Å². The highest BCUT2D eigenvalue weighted by Crippen LogP contribution is 2.32. The van der Waals surface area contributed by atoms with E-state index in [0.717, 1.165) is 0 Å². The Morgan fingerprint density at radius 1 is 1.52 bits per heavy atom. The summed E-state index contributed by atoms with van der Waals surface area (Å²) in [5, 5.41) is 9.89. The van der Waals surface area contributed by atoms with Gasteiger partial charge in [0, 0.05) is 5.41 Å². The van der Waals surface area contributed by atoms with Crippen molar-refractivity contribution >= 4 is 21.9 Å². The van der Waals surface area contributed by atoms with Crippen molar-refractivity contribution in [1.82, 2.24) is 0 Å². The molecule has 1 N–H and O–H groups in total. The van der Waals surface area contributed by atoms with Crippen molar-refractivity contribution in [2.45, 2.75) is 20.0 Å². The summed E-state index contributed by atoms with van der Waals surface area (Å²) in [6.07, 6.45) is -1.28. The van der Waals surface area contributed by atoms with Crippen molar-refractivity contribution in [3.8, 4) is 5.75 Å². The molecule has 5 nitrogen and oxygen atoms in total. The van der Waals surface area contributed by atoms with E-state index >= 15 is 0 Å². The fraction of sp³-hybridized carbons (Fsp3) is 0.533. The highest BCUT2D eigenvalue weighted by molar-refractivity contribution is 9.10. The zero-order valence-electron chi connectivity index (χ0n) is 12.1. The lowest BCUT2D eigenvalue weighted by molar-refractivity contribution is -0.153. The van der Waals surface area contributed by atoms with Gasteiger partial charge in [-0.3, -0.25) is 0 Å². The second-order valence-electron chi connectivity index (χ2n) is 5.44. The molecule has 116 valence electrons. The second kappa shape index (κ2) is 6.77. The van der Waals surface area contributed by atoms with E-state index in [1.165, 1.54) is 0 Å². The Morgan fingerprint density at radius 2 is 2.24 bits per heavy atom. The zero-order chi connectivity index (χ0) is 15.5. The maximum atomic E-state index is 11.5. The summed E-state index contributed by atoms with van der Waals surface area (Å²) in [5.74, 6) is 0.0140. The molecular formula is C15H19BrO5. The zero-order valence-corrected chi connectivity index (χ0v) is 13.7. The van der Waals surface area contributed by atoms with Gasteiger partial charge < -0.3 is 19.3 Å². The Labute approximate surface area is 132 Å². The maximum Gasteiger partial charge on any atom is 0.339 e.